The number of benzene rings is 2. The molecule has 0 aliphatic rings. The van der Waals surface area contributed by atoms with Crippen LogP contribution >= 0.6 is 23.2 Å². The van der Waals surface area contributed by atoms with Gasteiger partial charge in [-0.1, -0.05) is 35.3 Å². The van der Waals surface area contributed by atoms with E-state index < -0.39 is 34.2 Å². The van der Waals surface area contributed by atoms with Gasteiger partial charge in [0.1, 0.15) is 5.82 Å². The van der Waals surface area contributed by atoms with E-state index in [2.05, 4.69) is 9.82 Å². The first-order valence-electron chi connectivity index (χ1n) is 9.13. The number of sulfonamides is 1. The van der Waals surface area contributed by atoms with Crippen LogP contribution in [0.15, 0.2) is 41.2 Å². The van der Waals surface area contributed by atoms with Gasteiger partial charge in [0.25, 0.3) is 0 Å². The van der Waals surface area contributed by atoms with Crippen LogP contribution in [0.3, 0.4) is 0 Å². The van der Waals surface area contributed by atoms with Crippen molar-refractivity contribution in [1.29, 1.82) is 0 Å². The van der Waals surface area contributed by atoms with Crippen molar-refractivity contribution in [3.05, 3.63) is 73.9 Å². The van der Waals surface area contributed by atoms with E-state index in [-0.39, 0.29) is 42.9 Å². The number of hydrogen-bond acceptors (Lipinski definition) is 6. The standard InChI is InChI=1S/C11H10Cl2F2N4O3S.C8H6O4/c1-5-16-19(11(20)18(5)10(14)15)9-4-8(17-23(2,21)22)6(12)3-7(9)13;9-7(10)5-3-1-2-4-6(5)8(11)12/h3-4,10,17H,1-2H3;1-4H,(H,9,10)(H,11,12). The number of aromatic nitrogens is 3. The highest BCUT2D eigenvalue weighted by atomic mass is 35.5. The topological polar surface area (TPSA) is 161 Å². The predicted molar refractivity (Wildman–Crippen MR) is 123 cm³/mol. The molecule has 1 heterocycles. The zero-order chi connectivity index (χ0) is 26.7. The van der Waals surface area contributed by atoms with E-state index in [1.807, 2.05) is 0 Å². The lowest BCUT2D eigenvalue weighted by Gasteiger charge is -2.10. The summed E-state index contributed by atoms with van der Waals surface area (Å²) in [6.07, 6.45) is 0.902. The van der Waals surface area contributed by atoms with E-state index in [9.17, 15) is 31.6 Å². The van der Waals surface area contributed by atoms with Gasteiger partial charge in [-0.05, 0) is 31.2 Å². The second kappa shape index (κ2) is 10.8. The van der Waals surface area contributed by atoms with Crippen LogP contribution in [0.4, 0.5) is 14.5 Å². The van der Waals surface area contributed by atoms with Crippen molar-refractivity contribution in [3.8, 4) is 5.69 Å². The molecule has 0 aliphatic carbocycles. The number of anilines is 1. The van der Waals surface area contributed by atoms with E-state index in [0.717, 1.165) is 12.3 Å². The van der Waals surface area contributed by atoms with Gasteiger partial charge in [0, 0.05) is 0 Å². The summed E-state index contributed by atoms with van der Waals surface area (Å²) in [5, 5.41) is 20.7. The van der Waals surface area contributed by atoms with E-state index in [1.165, 1.54) is 37.3 Å². The van der Waals surface area contributed by atoms with Crippen molar-refractivity contribution >= 4 is 50.9 Å². The first kappa shape index (κ1) is 27.8. The molecule has 35 heavy (non-hydrogen) atoms. The Morgan fingerprint density at radius 1 is 1.06 bits per heavy atom. The van der Waals surface area contributed by atoms with Crippen molar-refractivity contribution < 1.29 is 37.0 Å². The van der Waals surface area contributed by atoms with E-state index in [1.54, 1.807) is 0 Å². The van der Waals surface area contributed by atoms with Crippen molar-refractivity contribution in [1.82, 2.24) is 14.3 Å². The third kappa shape index (κ3) is 6.77. The Morgan fingerprint density at radius 2 is 1.57 bits per heavy atom. The van der Waals surface area contributed by atoms with Gasteiger partial charge in [0.15, 0.2) is 0 Å². The molecule has 2 aromatic carbocycles. The number of carboxylic acids is 2. The molecule has 0 saturated heterocycles. The molecule has 16 heteroatoms. The van der Waals surface area contributed by atoms with E-state index in [0.29, 0.717) is 4.68 Å². The van der Waals surface area contributed by atoms with Crippen LogP contribution in [0.5, 0.6) is 0 Å². The third-order valence-corrected chi connectivity index (χ3v) is 5.33. The van der Waals surface area contributed by atoms with Gasteiger partial charge >= 0.3 is 24.2 Å². The number of aromatic carboxylic acids is 2. The van der Waals surface area contributed by atoms with Crippen LogP contribution in [-0.2, 0) is 10.0 Å². The van der Waals surface area contributed by atoms with E-state index >= 15 is 0 Å². The summed E-state index contributed by atoms with van der Waals surface area (Å²) >= 11 is 11.8. The molecule has 0 saturated carbocycles. The summed E-state index contributed by atoms with van der Waals surface area (Å²) in [6, 6.07) is 7.79. The quantitative estimate of drug-likeness (QED) is 0.418. The maximum Gasteiger partial charge on any atom is 0.355 e. The van der Waals surface area contributed by atoms with Crippen LogP contribution in [0.1, 0.15) is 33.1 Å². The van der Waals surface area contributed by atoms with Crippen molar-refractivity contribution in [3.63, 3.8) is 0 Å². The zero-order valence-corrected chi connectivity index (χ0v) is 20.1. The Hall–Kier alpha value is -3.49. The molecule has 1 aromatic heterocycles. The summed E-state index contributed by atoms with van der Waals surface area (Å²) in [7, 11) is -3.65. The number of carbonyl (C=O) groups is 2. The molecule has 0 radical (unpaired) electrons. The van der Waals surface area contributed by atoms with Gasteiger partial charge in [-0.2, -0.15) is 13.5 Å². The predicted octanol–water partition coefficient (Wildman–Crippen LogP) is 3.50. The second-order valence-electron chi connectivity index (χ2n) is 6.70. The SMILES string of the molecule is Cc1nn(-c2cc(NS(C)(=O)=O)c(Cl)cc2Cl)c(=O)n1C(F)F.O=C(O)c1ccccc1C(=O)O. The van der Waals surface area contributed by atoms with Gasteiger partial charge in [-0.25, -0.2) is 27.4 Å². The van der Waals surface area contributed by atoms with Crippen LogP contribution in [0.2, 0.25) is 10.0 Å². The fraction of sp³-hybridized carbons (Fsp3) is 0.158. The Morgan fingerprint density at radius 3 is 1.97 bits per heavy atom. The van der Waals surface area contributed by atoms with Crippen molar-refractivity contribution in [2.75, 3.05) is 11.0 Å². The fourth-order valence-corrected chi connectivity index (χ4v) is 3.83. The molecule has 0 amide bonds. The van der Waals surface area contributed by atoms with Gasteiger partial charge in [-0.15, -0.1) is 5.10 Å². The molecule has 11 nitrogen and oxygen atoms in total. The number of aryl methyl sites for hydroxylation is 1. The Balaban J connectivity index is 0.000000303. The lowest BCUT2D eigenvalue weighted by atomic mass is 10.1. The van der Waals surface area contributed by atoms with Crippen LogP contribution in [0, 0.1) is 6.92 Å². The molecular formula is C19H16Cl2F2N4O7S. The maximum atomic E-state index is 12.8. The Kier molecular flexibility index (Phi) is 8.59. The lowest BCUT2D eigenvalue weighted by Crippen LogP contribution is -2.25. The molecule has 3 rings (SSSR count). The van der Waals surface area contributed by atoms with Gasteiger partial charge in [0.05, 0.1) is 38.8 Å². The van der Waals surface area contributed by atoms with Gasteiger partial charge in [-0.3, -0.25) is 4.72 Å². The average Bonchev–Trinajstić information content (AvgIpc) is 3.03. The number of hydrogen-bond donors (Lipinski definition) is 3. The molecule has 188 valence electrons. The minimum absolute atomic E-state index is 0.0257. The molecule has 3 N–H and O–H groups in total. The number of rotatable bonds is 6. The lowest BCUT2D eigenvalue weighted by molar-refractivity contribution is 0.0639. The molecule has 0 atom stereocenters. The van der Waals surface area contributed by atoms with E-state index in [4.69, 9.17) is 33.4 Å². The number of alkyl halides is 2. The smallest absolute Gasteiger partial charge is 0.355 e. The monoisotopic (exact) mass is 552 g/mol. The summed E-state index contributed by atoms with van der Waals surface area (Å²) in [6.45, 7) is -1.85. The second-order valence-corrected chi connectivity index (χ2v) is 9.27. The number of nitrogens with zero attached hydrogens (tertiary/aromatic N) is 3. The average molecular weight is 553 g/mol. The van der Waals surface area contributed by atoms with Gasteiger partial charge < -0.3 is 10.2 Å². The van der Waals surface area contributed by atoms with Crippen LogP contribution < -0.4 is 10.4 Å². The molecule has 3 aromatic rings. The normalized spacial score (nSPS) is 11.1. The number of carboxylic acid groups (broad SMARTS) is 2. The van der Waals surface area contributed by atoms with Gasteiger partial charge in [0.2, 0.25) is 10.0 Å². The largest absolute Gasteiger partial charge is 0.478 e. The molecule has 0 unspecified atom stereocenters. The van der Waals surface area contributed by atoms with Crippen molar-refractivity contribution in [2.24, 2.45) is 0 Å². The summed E-state index contributed by atoms with van der Waals surface area (Å²) in [5.41, 5.74) is -1.65. The number of halogens is 4. The third-order valence-electron chi connectivity index (χ3n) is 4.12. The summed E-state index contributed by atoms with van der Waals surface area (Å²) in [4.78, 5) is 32.9. The molecule has 0 fully saturated rings. The minimum atomic E-state index is -3.65. The summed E-state index contributed by atoms with van der Waals surface area (Å²) in [5.74, 6) is -2.69. The maximum absolute atomic E-state index is 12.8. The summed E-state index contributed by atoms with van der Waals surface area (Å²) < 4.78 is 51.3. The highest BCUT2D eigenvalue weighted by molar-refractivity contribution is 7.92. The zero-order valence-electron chi connectivity index (χ0n) is 17.7. The van der Waals surface area contributed by atoms with Crippen LogP contribution in [0.25, 0.3) is 5.69 Å². The molecular weight excluding hydrogens is 537 g/mol. The Bertz CT molecular complexity index is 1420. The molecule has 0 spiro atoms. The number of nitrogens with one attached hydrogen (secondary N) is 1. The fourth-order valence-electron chi connectivity index (χ4n) is 2.69. The van der Waals surface area contributed by atoms with Crippen molar-refractivity contribution in [2.45, 2.75) is 13.5 Å². The minimum Gasteiger partial charge on any atom is -0.478 e. The highest BCUT2D eigenvalue weighted by Gasteiger charge is 2.21. The first-order chi connectivity index (χ1) is 16.1. The Labute approximate surface area is 206 Å². The highest BCUT2D eigenvalue weighted by Crippen LogP contribution is 2.31. The molecule has 0 bridgehead atoms. The van der Waals surface area contributed by atoms with Crippen LogP contribution in [-0.4, -0.2) is 51.2 Å². The molecule has 0 aliphatic heterocycles. The first-order valence-corrected chi connectivity index (χ1v) is 11.8.